The number of halogens is 1. The molecule has 2 heteroatoms. The van der Waals surface area contributed by atoms with E-state index in [1.54, 1.807) is 12.1 Å². The van der Waals surface area contributed by atoms with Crippen molar-refractivity contribution in [2.75, 3.05) is 0 Å². The Morgan fingerprint density at radius 2 is 1.70 bits per heavy atom. The van der Waals surface area contributed by atoms with Gasteiger partial charge in [-0.15, -0.1) is 0 Å². The van der Waals surface area contributed by atoms with Crippen LogP contribution in [0.25, 0.3) is 11.1 Å². The van der Waals surface area contributed by atoms with E-state index in [0.717, 1.165) is 16.9 Å². The van der Waals surface area contributed by atoms with E-state index in [9.17, 15) is 4.39 Å². The monoisotopic (exact) mass is 263 g/mol. The molecule has 0 amide bonds. The van der Waals surface area contributed by atoms with Crippen LogP contribution in [0.4, 0.5) is 4.39 Å². The predicted molar refractivity (Wildman–Crippen MR) is 77.2 cm³/mol. The van der Waals surface area contributed by atoms with Gasteiger partial charge in [0, 0.05) is 11.6 Å². The summed E-state index contributed by atoms with van der Waals surface area (Å²) in [5, 5.41) is 0. The molecule has 0 aliphatic carbocycles. The Kier molecular flexibility index (Phi) is 3.46. The second-order valence-electron chi connectivity index (χ2n) is 4.34. The summed E-state index contributed by atoms with van der Waals surface area (Å²) in [5.74, 6) is 1.05. The molecule has 0 atom stereocenters. The van der Waals surface area contributed by atoms with Crippen molar-refractivity contribution in [3.05, 3.63) is 84.7 Å². The average molecular weight is 263 g/mol. The van der Waals surface area contributed by atoms with Crippen LogP contribution in [0.5, 0.6) is 11.5 Å². The Bertz CT molecular complexity index is 707. The fourth-order valence-corrected chi connectivity index (χ4v) is 2.00. The highest BCUT2D eigenvalue weighted by molar-refractivity contribution is 5.70. The van der Waals surface area contributed by atoms with Crippen molar-refractivity contribution < 1.29 is 9.13 Å². The molecule has 0 aliphatic rings. The highest BCUT2D eigenvalue weighted by atomic mass is 19.1. The summed E-state index contributed by atoms with van der Waals surface area (Å²) in [6, 6.07) is 24.5. The van der Waals surface area contributed by atoms with Gasteiger partial charge in [-0.3, -0.25) is 0 Å². The molecule has 3 aromatic rings. The van der Waals surface area contributed by atoms with E-state index in [1.807, 2.05) is 48.5 Å². The molecule has 0 saturated carbocycles. The number of rotatable bonds is 3. The number of ether oxygens (including phenoxy) is 1. The number of hydrogen-bond donors (Lipinski definition) is 0. The van der Waals surface area contributed by atoms with Gasteiger partial charge in [0.05, 0.1) is 0 Å². The van der Waals surface area contributed by atoms with Gasteiger partial charge in [0.15, 0.2) is 0 Å². The lowest BCUT2D eigenvalue weighted by Crippen LogP contribution is -1.88. The van der Waals surface area contributed by atoms with Gasteiger partial charge in [-0.25, -0.2) is 4.39 Å². The highest BCUT2D eigenvalue weighted by Crippen LogP contribution is 2.32. The zero-order valence-corrected chi connectivity index (χ0v) is 10.7. The smallest absolute Gasteiger partial charge is 0.143 e. The van der Waals surface area contributed by atoms with Gasteiger partial charge in [-0.2, -0.15) is 0 Å². The van der Waals surface area contributed by atoms with Crippen LogP contribution < -0.4 is 4.74 Å². The van der Waals surface area contributed by atoms with Crippen molar-refractivity contribution in [1.82, 2.24) is 0 Å². The molecule has 0 N–H and O–H groups in total. The molecule has 97 valence electrons. The summed E-state index contributed by atoms with van der Waals surface area (Å²) >= 11 is 0. The second kappa shape index (κ2) is 5.57. The molecular formula is C18H12FO. The van der Waals surface area contributed by atoms with Crippen LogP contribution in [0.3, 0.4) is 0 Å². The zero-order chi connectivity index (χ0) is 13.8. The summed E-state index contributed by atoms with van der Waals surface area (Å²) in [4.78, 5) is 0. The summed E-state index contributed by atoms with van der Waals surface area (Å²) in [7, 11) is 0. The first-order valence-corrected chi connectivity index (χ1v) is 6.32. The molecule has 1 nitrogen and oxygen atoms in total. The van der Waals surface area contributed by atoms with Crippen LogP contribution >= 0.6 is 0 Å². The van der Waals surface area contributed by atoms with Crippen LogP contribution in [-0.4, -0.2) is 0 Å². The molecule has 0 bridgehead atoms. The van der Waals surface area contributed by atoms with Crippen molar-refractivity contribution in [2.24, 2.45) is 0 Å². The first-order valence-electron chi connectivity index (χ1n) is 6.32. The van der Waals surface area contributed by atoms with Gasteiger partial charge >= 0.3 is 0 Å². The van der Waals surface area contributed by atoms with Gasteiger partial charge in [-0.1, -0.05) is 48.5 Å². The van der Waals surface area contributed by atoms with Gasteiger partial charge in [0.2, 0.25) is 0 Å². The molecule has 3 rings (SSSR count). The maximum absolute atomic E-state index is 13.4. The molecule has 0 saturated heterocycles. The topological polar surface area (TPSA) is 9.23 Å². The molecule has 0 heterocycles. The molecule has 1 radical (unpaired) electrons. The normalized spacial score (nSPS) is 10.2. The van der Waals surface area contributed by atoms with E-state index in [4.69, 9.17) is 4.74 Å². The lowest BCUT2D eigenvalue weighted by atomic mass is 10.0. The van der Waals surface area contributed by atoms with E-state index in [-0.39, 0.29) is 5.82 Å². The minimum Gasteiger partial charge on any atom is -0.456 e. The van der Waals surface area contributed by atoms with Crippen molar-refractivity contribution in [1.29, 1.82) is 0 Å². The molecule has 0 aromatic heterocycles. The summed E-state index contributed by atoms with van der Waals surface area (Å²) in [6.07, 6.45) is 0. The number of benzene rings is 3. The lowest BCUT2D eigenvalue weighted by Gasteiger charge is -2.10. The molecular weight excluding hydrogens is 251 g/mol. The van der Waals surface area contributed by atoms with Crippen molar-refractivity contribution in [3.8, 4) is 22.6 Å². The average Bonchev–Trinajstić information content (AvgIpc) is 2.49. The fourth-order valence-electron chi connectivity index (χ4n) is 2.00. The minimum absolute atomic E-state index is 0.267. The number of hydrogen-bond acceptors (Lipinski definition) is 1. The molecule has 0 spiro atoms. The maximum atomic E-state index is 13.4. The van der Waals surface area contributed by atoms with Gasteiger partial charge in [-0.05, 0) is 29.8 Å². The molecule has 0 fully saturated rings. The maximum Gasteiger partial charge on any atom is 0.143 e. The van der Waals surface area contributed by atoms with Crippen LogP contribution in [0.15, 0.2) is 72.8 Å². The number of para-hydroxylation sites is 2. The lowest BCUT2D eigenvalue weighted by molar-refractivity contribution is 0.483. The molecule has 0 aliphatic heterocycles. The first kappa shape index (κ1) is 12.4. The van der Waals surface area contributed by atoms with E-state index < -0.39 is 0 Å². The standard InChI is InChI=1S/C18H12FO/c19-15-8-6-7-14(13-15)17-11-4-5-12-18(17)20-16-9-2-1-3-10-16/h1-11,13H. The highest BCUT2D eigenvalue weighted by Gasteiger charge is 2.07. The van der Waals surface area contributed by atoms with Crippen molar-refractivity contribution in [3.63, 3.8) is 0 Å². The van der Waals surface area contributed by atoms with Crippen LogP contribution in [-0.2, 0) is 0 Å². The third kappa shape index (κ3) is 2.69. The quantitative estimate of drug-likeness (QED) is 0.640. The third-order valence-corrected chi connectivity index (χ3v) is 2.92. The Labute approximate surface area is 117 Å². The summed E-state index contributed by atoms with van der Waals surface area (Å²) in [6.45, 7) is 0. The van der Waals surface area contributed by atoms with Crippen molar-refractivity contribution in [2.45, 2.75) is 0 Å². The fraction of sp³-hybridized carbons (Fsp3) is 0. The van der Waals surface area contributed by atoms with Crippen LogP contribution in [0, 0.1) is 11.9 Å². The van der Waals surface area contributed by atoms with Gasteiger partial charge < -0.3 is 4.74 Å². The first-order chi connectivity index (χ1) is 9.83. The van der Waals surface area contributed by atoms with E-state index >= 15 is 0 Å². The Morgan fingerprint density at radius 1 is 0.850 bits per heavy atom. The van der Waals surface area contributed by atoms with Crippen LogP contribution in [0.1, 0.15) is 0 Å². The molecule has 0 unspecified atom stereocenters. The Morgan fingerprint density at radius 3 is 2.50 bits per heavy atom. The Balaban J connectivity index is 2.00. The van der Waals surface area contributed by atoms with E-state index in [2.05, 4.69) is 6.07 Å². The third-order valence-electron chi connectivity index (χ3n) is 2.92. The second-order valence-corrected chi connectivity index (χ2v) is 4.34. The molecule has 20 heavy (non-hydrogen) atoms. The predicted octanol–water partition coefficient (Wildman–Crippen LogP) is 5.09. The molecule has 3 aromatic carbocycles. The minimum atomic E-state index is -0.267. The van der Waals surface area contributed by atoms with E-state index in [0.29, 0.717) is 5.75 Å². The van der Waals surface area contributed by atoms with Gasteiger partial charge in [0.25, 0.3) is 0 Å². The summed E-state index contributed by atoms with van der Waals surface area (Å²) < 4.78 is 19.2. The van der Waals surface area contributed by atoms with E-state index in [1.165, 1.54) is 12.1 Å². The Hall–Kier alpha value is -2.61. The van der Waals surface area contributed by atoms with Gasteiger partial charge in [0.1, 0.15) is 17.3 Å². The summed E-state index contributed by atoms with van der Waals surface area (Å²) in [5.41, 5.74) is 1.59. The zero-order valence-electron chi connectivity index (χ0n) is 10.7. The SMILES string of the molecule is Fc1cccc(-c2ccc[c]c2Oc2ccccc2)c1. The van der Waals surface area contributed by atoms with Crippen LogP contribution in [0.2, 0.25) is 0 Å². The van der Waals surface area contributed by atoms with Crippen molar-refractivity contribution >= 4 is 0 Å². The largest absolute Gasteiger partial charge is 0.456 e.